The first kappa shape index (κ1) is 14.3. The van der Waals surface area contributed by atoms with Crippen LogP contribution in [-0.2, 0) is 9.59 Å². The smallest absolute Gasteiger partial charge is 0.315 e. The van der Waals surface area contributed by atoms with Gasteiger partial charge < -0.3 is 21.1 Å². The van der Waals surface area contributed by atoms with Crippen molar-refractivity contribution in [3.8, 4) is 0 Å². The number of amides is 3. The lowest BCUT2D eigenvalue weighted by molar-refractivity contribution is -0.141. The highest BCUT2D eigenvalue weighted by molar-refractivity contribution is 5.84. The van der Waals surface area contributed by atoms with Crippen LogP contribution >= 0.6 is 0 Å². The molecule has 1 saturated carbocycles. The molecule has 18 heavy (non-hydrogen) atoms. The minimum atomic E-state index is -0.888. The number of carboxylic acids is 1. The molecule has 1 aliphatic carbocycles. The molecular weight excluding hydrogens is 238 g/mol. The van der Waals surface area contributed by atoms with E-state index in [0.717, 1.165) is 12.8 Å². The third-order valence-electron chi connectivity index (χ3n) is 2.64. The van der Waals surface area contributed by atoms with E-state index in [2.05, 4.69) is 16.0 Å². The first-order valence-corrected chi connectivity index (χ1v) is 6.03. The second-order valence-corrected chi connectivity index (χ2v) is 4.48. The Kier molecular flexibility index (Phi) is 5.41. The maximum absolute atomic E-state index is 11.3. The third-order valence-corrected chi connectivity index (χ3v) is 2.64. The number of hydrogen-bond acceptors (Lipinski definition) is 3. The van der Waals surface area contributed by atoms with Gasteiger partial charge in [-0.25, -0.2) is 4.79 Å². The van der Waals surface area contributed by atoms with Crippen molar-refractivity contribution in [2.45, 2.75) is 32.2 Å². The molecule has 3 amide bonds. The Hall–Kier alpha value is -1.79. The van der Waals surface area contributed by atoms with Crippen LogP contribution < -0.4 is 16.0 Å². The lowest BCUT2D eigenvalue weighted by Crippen LogP contribution is -2.43. The highest BCUT2D eigenvalue weighted by Crippen LogP contribution is 2.18. The van der Waals surface area contributed by atoms with Gasteiger partial charge in [0, 0.05) is 12.6 Å². The molecule has 0 radical (unpaired) electrons. The van der Waals surface area contributed by atoms with Crippen molar-refractivity contribution in [1.82, 2.24) is 16.0 Å². The minimum absolute atomic E-state index is 0.0587. The molecule has 1 unspecified atom stereocenters. The van der Waals surface area contributed by atoms with E-state index in [1.54, 1.807) is 6.92 Å². The van der Waals surface area contributed by atoms with E-state index in [1.807, 2.05) is 0 Å². The molecule has 0 heterocycles. The highest BCUT2D eigenvalue weighted by Gasteiger charge is 2.23. The van der Waals surface area contributed by atoms with Crippen LogP contribution in [-0.4, -0.2) is 42.1 Å². The summed E-state index contributed by atoms with van der Waals surface area (Å²) >= 11 is 0. The minimum Gasteiger partial charge on any atom is -0.481 e. The van der Waals surface area contributed by atoms with Crippen LogP contribution in [0.3, 0.4) is 0 Å². The Morgan fingerprint density at radius 3 is 2.50 bits per heavy atom. The molecule has 0 aliphatic heterocycles. The summed E-state index contributed by atoms with van der Waals surface area (Å²) in [5.41, 5.74) is 0. The molecule has 0 spiro atoms. The zero-order valence-electron chi connectivity index (χ0n) is 10.4. The fourth-order valence-electron chi connectivity index (χ4n) is 1.26. The summed E-state index contributed by atoms with van der Waals surface area (Å²) < 4.78 is 0. The summed E-state index contributed by atoms with van der Waals surface area (Å²) in [4.78, 5) is 33.0. The number of hydrogen-bond donors (Lipinski definition) is 4. The van der Waals surface area contributed by atoms with Crippen molar-refractivity contribution in [3.63, 3.8) is 0 Å². The molecule has 1 rings (SSSR count). The number of carbonyl (C=O) groups excluding carboxylic acids is 2. The summed E-state index contributed by atoms with van der Waals surface area (Å²) in [7, 11) is 0. The second-order valence-electron chi connectivity index (χ2n) is 4.48. The number of aliphatic carboxylic acids is 1. The van der Waals surface area contributed by atoms with Crippen LogP contribution in [0.2, 0.25) is 0 Å². The number of carbonyl (C=O) groups is 3. The average molecular weight is 257 g/mol. The average Bonchev–Trinajstić information content (AvgIpc) is 3.10. The van der Waals surface area contributed by atoms with Crippen molar-refractivity contribution in [2.24, 2.45) is 5.92 Å². The summed E-state index contributed by atoms with van der Waals surface area (Å²) in [6.45, 7) is 1.78. The predicted molar refractivity (Wildman–Crippen MR) is 64.0 cm³/mol. The zero-order valence-corrected chi connectivity index (χ0v) is 10.4. The first-order chi connectivity index (χ1) is 8.49. The number of carboxylic acid groups (broad SMARTS) is 1. The van der Waals surface area contributed by atoms with Crippen LogP contribution in [0, 0.1) is 5.92 Å². The molecule has 0 saturated heterocycles. The Balaban J connectivity index is 2.02. The topological polar surface area (TPSA) is 108 Å². The van der Waals surface area contributed by atoms with E-state index in [9.17, 15) is 14.4 Å². The van der Waals surface area contributed by atoms with Gasteiger partial charge in [-0.05, 0) is 19.3 Å². The van der Waals surface area contributed by atoms with Crippen LogP contribution in [0.25, 0.3) is 0 Å². The lowest BCUT2D eigenvalue weighted by atomic mass is 10.1. The van der Waals surface area contributed by atoms with E-state index in [0.29, 0.717) is 6.42 Å². The number of rotatable bonds is 7. The molecular formula is C11H19N3O4. The van der Waals surface area contributed by atoms with Crippen molar-refractivity contribution < 1.29 is 19.5 Å². The highest BCUT2D eigenvalue weighted by atomic mass is 16.4. The van der Waals surface area contributed by atoms with Gasteiger partial charge in [-0.1, -0.05) is 6.92 Å². The Bertz CT molecular complexity index is 328. The number of nitrogens with one attached hydrogen (secondary N) is 3. The molecule has 0 aromatic carbocycles. The zero-order chi connectivity index (χ0) is 13.5. The Labute approximate surface area is 105 Å². The van der Waals surface area contributed by atoms with Crippen molar-refractivity contribution in [1.29, 1.82) is 0 Å². The van der Waals surface area contributed by atoms with E-state index >= 15 is 0 Å². The molecule has 102 valence electrons. The molecule has 1 fully saturated rings. The van der Waals surface area contributed by atoms with Gasteiger partial charge in [-0.2, -0.15) is 0 Å². The number of urea groups is 1. The van der Waals surface area contributed by atoms with Crippen LogP contribution in [0.15, 0.2) is 0 Å². The van der Waals surface area contributed by atoms with Gasteiger partial charge >= 0.3 is 12.0 Å². The van der Waals surface area contributed by atoms with Gasteiger partial charge in [-0.15, -0.1) is 0 Å². The molecule has 0 bridgehead atoms. The molecule has 1 aliphatic rings. The maximum atomic E-state index is 11.3. The molecule has 7 nitrogen and oxygen atoms in total. The second kappa shape index (κ2) is 6.83. The van der Waals surface area contributed by atoms with Gasteiger partial charge in [0.05, 0.1) is 12.5 Å². The van der Waals surface area contributed by atoms with Crippen LogP contribution in [0.1, 0.15) is 26.2 Å². The van der Waals surface area contributed by atoms with E-state index in [-0.39, 0.29) is 25.0 Å². The summed E-state index contributed by atoms with van der Waals surface area (Å²) in [5, 5.41) is 16.3. The quantitative estimate of drug-likeness (QED) is 0.501. The fraction of sp³-hybridized carbons (Fsp3) is 0.727. The molecule has 0 aromatic heterocycles. The van der Waals surface area contributed by atoms with Gasteiger partial charge in [0.2, 0.25) is 5.91 Å². The summed E-state index contributed by atoms with van der Waals surface area (Å²) in [5.74, 6) is -1.59. The summed E-state index contributed by atoms with van der Waals surface area (Å²) in [6.07, 6.45) is 2.37. The molecule has 1 atom stereocenters. The van der Waals surface area contributed by atoms with Gasteiger partial charge in [0.1, 0.15) is 0 Å². The van der Waals surface area contributed by atoms with Crippen molar-refractivity contribution >= 4 is 17.9 Å². The maximum Gasteiger partial charge on any atom is 0.315 e. The van der Waals surface area contributed by atoms with Gasteiger partial charge in [0.25, 0.3) is 0 Å². The predicted octanol–water partition coefficient (Wildman–Crippen LogP) is -0.325. The summed E-state index contributed by atoms with van der Waals surface area (Å²) in [6, 6.07) is -0.183. The first-order valence-electron chi connectivity index (χ1n) is 6.03. The molecule has 4 N–H and O–H groups in total. The fourth-order valence-corrected chi connectivity index (χ4v) is 1.26. The largest absolute Gasteiger partial charge is 0.481 e. The van der Waals surface area contributed by atoms with Crippen molar-refractivity contribution in [3.05, 3.63) is 0 Å². The monoisotopic (exact) mass is 257 g/mol. The SMILES string of the molecule is CC(CCNC(=O)NCC(=O)NC1CC1)C(=O)O. The Morgan fingerprint density at radius 1 is 1.28 bits per heavy atom. The molecule has 7 heteroatoms. The van der Waals surface area contributed by atoms with Gasteiger partial charge in [-0.3, -0.25) is 9.59 Å². The lowest BCUT2D eigenvalue weighted by Gasteiger charge is -2.09. The van der Waals surface area contributed by atoms with Gasteiger partial charge in [0.15, 0.2) is 0 Å². The molecule has 0 aromatic rings. The van der Waals surface area contributed by atoms with E-state index in [1.165, 1.54) is 0 Å². The third kappa shape index (κ3) is 6.07. The van der Waals surface area contributed by atoms with Crippen LogP contribution in [0.4, 0.5) is 4.79 Å². The van der Waals surface area contributed by atoms with Crippen LogP contribution in [0.5, 0.6) is 0 Å². The Morgan fingerprint density at radius 2 is 1.94 bits per heavy atom. The normalized spacial score (nSPS) is 15.6. The van der Waals surface area contributed by atoms with E-state index < -0.39 is 17.9 Å². The van der Waals surface area contributed by atoms with E-state index in [4.69, 9.17) is 5.11 Å². The standard InChI is InChI=1S/C11H19N3O4/c1-7(10(16)17)4-5-12-11(18)13-6-9(15)14-8-2-3-8/h7-8H,2-6H2,1H3,(H,14,15)(H,16,17)(H2,12,13,18). The van der Waals surface area contributed by atoms with Crippen molar-refractivity contribution in [2.75, 3.05) is 13.1 Å².